The van der Waals surface area contributed by atoms with Crippen LogP contribution in [0.15, 0.2) is 12.3 Å². The van der Waals surface area contributed by atoms with Crippen molar-refractivity contribution in [1.29, 1.82) is 0 Å². The van der Waals surface area contributed by atoms with Crippen molar-refractivity contribution in [2.45, 2.75) is 96.4 Å². The molecule has 9 heteroatoms. The lowest BCUT2D eigenvalue weighted by atomic mass is 10.0. The predicted molar refractivity (Wildman–Crippen MR) is 143 cm³/mol. The second-order valence-corrected chi connectivity index (χ2v) is 18.0. The van der Waals surface area contributed by atoms with Gasteiger partial charge in [-0.3, -0.25) is 0 Å². The van der Waals surface area contributed by atoms with Gasteiger partial charge in [0.05, 0.1) is 6.20 Å². The second-order valence-electron chi connectivity index (χ2n) is 12.4. The average Bonchev–Trinajstić information content (AvgIpc) is 3.56. The number of nitrogens with zero attached hydrogens (tertiary/aromatic N) is 5. The van der Waals surface area contributed by atoms with E-state index in [0.717, 1.165) is 49.5 Å². The van der Waals surface area contributed by atoms with Crippen LogP contribution in [0.25, 0.3) is 11.2 Å². The quantitative estimate of drug-likeness (QED) is 0.353. The highest BCUT2D eigenvalue weighted by atomic mass is 28.3. The van der Waals surface area contributed by atoms with Crippen LogP contribution in [-0.2, 0) is 16.2 Å². The Labute approximate surface area is 211 Å². The van der Waals surface area contributed by atoms with Crippen LogP contribution < -0.4 is 4.90 Å². The minimum atomic E-state index is -1.11. The minimum Gasteiger partial charge on any atom is -0.444 e. The first-order valence-corrected chi connectivity index (χ1v) is 16.8. The Bertz CT molecular complexity index is 1030. The monoisotopic (exact) mass is 501 g/mol. The number of fused-ring (bicyclic) bond motifs is 1. The standard InChI is InChI=1S/C26H43N5O3Si/c1-26(2,3)34-25(32)29(4)20-10-12-30(13-11-20)23-17-27-24-21(28-23)16-22(19-8-9-19)31(24)18-33-14-15-35(5,6)7/h16-17,19-20H,8-15,18H2,1-7H3. The zero-order valence-electron chi connectivity index (χ0n) is 22.6. The van der Waals surface area contributed by atoms with E-state index in [4.69, 9.17) is 19.4 Å². The molecular weight excluding hydrogens is 458 g/mol. The van der Waals surface area contributed by atoms with Crippen molar-refractivity contribution in [2.75, 3.05) is 31.6 Å². The van der Waals surface area contributed by atoms with Crippen LogP contribution in [0.1, 0.15) is 58.1 Å². The molecule has 2 aromatic heterocycles. The van der Waals surface area contributed by atoms with Crippen LogP contribution in [-0.4, -0.2) is 72.0 Å². The number of rotatable bonds is 8. The summed E-state index contributed by atoms with van der Waals surface area (Å²) in [6.45, 7) is 15.9. The summed E-state index contributed by atoms with van der Waals surface area (Å²) in [4.78, 5) is 26.3. The van der Waals surface area contributed by atoms with E-state index in [-0.39, 0.29) is 12.1 Å². The van der Waals surface area contributed by atoms with Crippen molar-refractivity contribution in [3.63, 3.8) is 0 Å². The summed E-state index contributed by atoms with van der Waals surface area (Å²) < 4.78 is 13.9. The smallest absolute Gasteiger partial charge is 0.410 e. The lowest BCUT2D eigenvalue weighted by Gasteiger charge is -2.37. The molecule has 1 aliphatic heterocycles. The Balaban J connectivity index is 1.41. The van der Waals surface area contributed by atoms with Crippen molar-refractivity contribution < 1.29 is 14.3 Å². The fourth-order valence-corrected chi connectivity index (χ4v) is 5.29. The van der Waals surface area contributed by atoms with Gasteiger partial charge >= 0.3 is 6.09 Å². The molecule has 1 amide bonds. The zero-order chi connectivity index (χ0) is 25.4. The maximum atomic E-state index is 12.5. The highest BCUT2D eigenvalue weighted by Crippen LogP contribution is 2.42. The molecule has 4 rings (SSSR count). The Morgan fingerprint density at radius 2 is 1.86 bits per heavy atom. The number of piperidine rings is 1. The third kappa shape index (κ3) is 6.76. The molecule has 1 saturated heterocycles. The van der Waals surface area contributed by atoms with E-state index < -0.39 is 13.7 Å². The number of hydrogen-bond donors (Lipinski definition) is 0. The van der Waals surface area contributed by atoms with E-state index in [1.165, 1.54) is 24.6 Å². The van der Waals surface area contributed by atoms with Crippen LogP contribution in [0.5, 0.6) is 0 Å². The topological polar surface area (TPSA) is 72.7 Å². The number of hydrogen-bond acceptors (Lipinski definition) is 6. The average molecular weight is 502 g/mol. The number of carbonyl (C=O) groups excluding carboxylic acids is 1. The summed E-state index contributed by atoms with van der Waals surface area (Å²) in [6.07, 6.45) is 5.88. The number of carbonyl (C=O) groups is 1. The Morgan fingerprint density at radius 1 is 1.17 bits per heavy atom. The molecule has 8 nitrogen and oxygen atoms in total. The van der Waals surface area contributed by atoms with Gasteiger partial charge in [-0.2, -0.15) is 0 Å². The van der Waals surface area contributed by atoms with Gasteiger partial charge in [-0.05, 0) is 64.5 Å². The first-order chi connectivity index (χ1) is 16.4. The summed E-state index contributed by atoms with van der Waals surface area (Å²) >= 11 is 0. The third-order valence-electron chi connectivity index (χ3n) is 6.85. The molecule has 35 heavy (non-hydrogen) atoms. The largest absolute Gasteiger partial charge is 0.444 e. The fraction of sp³-hybridized carbons (Fsp3) is 0.731. The SMILES string of the molecule is CN(C(=O)OC(C)(C)C)C1CCN(c2cnc3c(cc(C4CC4)n3COCC[Si](C)(C)C)n2)CC1. The zero-order valence-corrected chi connectivity index (χ0v) is 23.6. The van der Waals surface area contributed by atoms with Gasteiger partial charge in [0, 0.05) is 46.6 Å². The number of ether oxygens (including phenoxy) is 2. The van der Waals surface area contributed by atoms with Crippen LogP contribution in [0.3, 0.4) is 0 Å². The molecule has 0 N–H and O–H groups in total. The summed E-state index contributed by atoms with van der Waals surface area (Å²) in [5.74, 6) is 1.52. The number of anilines is 1. The highest BCUT2D eigenvalue weighted by molar-refractivity contribution is 6.76. The third-order valence-corrected chi connectivity index (χ3v) is 8.55. The molecule has 0 unspecified atom stereocenters. The first-order valence-electron chi connectivity index (χ1n) is 13.1. The van der Waals surface area contributed by atoms with Crippen molar-refractivity contribution in [3.8, 4) is 0 Å². The second kappa shape index (κ2) is 10.1. The molecule has 1 saturated carbocycles. The number of aromatic nitrogens is 3. The maximum absolute atomic E-state index is 12.5. The molecule has 194 valence electrons. The molecule has 2 fully saturated rings. The molecule has 0 spiro atoms. The molecule has 0 atom stereocenters. The Hall–Kier alpha value is -2.13. The van der Waals surface area contributed by atoms with Gasteiger partial charge < -0.3 is 23.8 Å². The highest BCUT2D eigenvalue weighted by Gasteiger charge is 2.31. The molecule has 2 aliphatic rings. The Kier molecular flexibility index (Phi) is 7.48. The molecule has 2 aromatic rings. The number of amides is 1. The fourth-order valence-electron chi connectivity index (χ4n) is 4.54. The summed E-state index contributed by atoms with van der Waals surface area (Å²) in [5.41, 5.74) is 2.70. The molecular formula is C26H43N5O3Si. The molecule has 0 radical (unpaired) electrons. The van der Waals surface area contributed by atoms with Crippen molar-refractivity contribution in [2.24, 2.45) is 0 Å². The Morgan fingerprint density at radius 3 is 2.46 bits per heavy atom. The van der Waals surface area contributed by atoms with Gasteiger partial charge in [-0.1, -0.05) is 19.6 Å². The summed E-state index contributed by atoms with van der Waals surface area (Å²) in [7, 11) is 0.733. The van der Waals surface area contributed by atoms with Crippen LogP contribution >= 0.6 is 0 Å². The summed E-state index contributed by atoms with van der Waals surface area (Å²) in [5, 5.41) is 0. The van der Waals surface area contributed by atoms with E-state index in [1.54, 1.807) is 4.90 Å². The molecule has 1 aliphatic carbocycles. The van der Waals surface area contributed by atoms with Crippen molar-refractivity contribution in [3.05, 3.63) is 18.0 Å². The van der Waals surface area contributed by atoms with E-state index >= 15 is 0 Å². The molecule has 0 bridgehead atoms. The van der Waals surface area contributed by atoms with Gasteiger partial charge in [0.25, 0.3) is 0 Å². The minimum absolute atomic E-state index is 0.175. The van der Waals surface area contributed by atoms with Crippen LogP contribution in [0.4, 0.5) is 10.6 Å². The lowest BCUT2D eigenvalue weighted by Crippen LogP contribution is -2.47. The van der Waals surface area contributed by atoms with Gasteiger partial charge in [-0.25, -0.2) is 14.8 Å². The summed E-state index contributed by atoms with van der Waals surface area (Å²) in [6, 6.07) is 3.56. The molecule has 0 aromatic carbocycles. The van der Waals surface area contributed by atoms with Gasteiger partial charge in [0.2, 0.25) is 0 Å². The molecule has 3 heterocycles. The van der Waals surface area contributed by atoms with E-state index in [9.17, 15) is 4.79 Å². The lowest BCUT2D eigenvalue weighted by molar-refractivity contribution is 0.0201. The van der Waals surface area contributed by atoms with E-state index in [1.807, 2.05) is 34.0 Å². The van der Waals surface area contributed by atoms with Crippen LogP contribution in [0, 0.1) is 0 Å². The van der Waals surface area contributed by atoms with Crippen molar-refractivity contribution in [1.82, 2.24) is 19.4 Å². The van der Waals surface area contributed by atoms with Gasteiger partial charge in [-0.15, -0.1) is 0 Å². The van der Waals surface area contributed by atoms with Crippen LogP contribution in [0.2, 0.25) is 25.7 Å². The normalized spacial score (nSPS) is 17.7. The van der Waals surface area contributed by atoms with E-state index in [2.05, 4.69) is 35.2 Å². The predicted octanol–water partition coefficient (Wildman–Crippen LogP) is 5.46. The van der Waals surface area contributed by atoms with Crippen molar-refractivity contribution >= 4 is 31.1 Å². The maximum Gasteiger partial charge on any atom is 0.410 e. The van der Waals surface area contributed by atoms with Gasteiger partial charge in [0.1, 0.15) is 23.7 Å². The van der Waals surface area contributed by atoms with E-state index in [0.29, 0.717) is 12.6 Å². The van der Waals surface area contributed by atoms with Gasteiger partial charge in [0.15, 0.2) is 5.65 Å². The first kappa shape index (κ1) is 25.9.